The van der Waals surface area contributed by atoms with Crippen molar-refractivity contribution in [1.82, 2.24) is 5.32 Å². The van der Waals surface area contributed by atoms with E-state index in [-0.39, 0.29) is 0 Å². The molecule has 0 saturated heterocycles. The molecule has 0 aromatic rings. The van der Waals surface area contributed by atoms with Crippen molar-refractivity contribution in [1.29, 1.82) is 0 Å². The lowest BCUT2D eigenvalue weighted by molar-refractivity contribution is 0.399. The van der Waals surface area contributed by atoms with Gasteiger partial charge < -0.3 is 10.4 Å². The number of nitrogens with one attached hydrogen (secondary N) is 1. The first kappa shape index (κ1) is 9.92. The molecule has 2 N–H and O–H groups in total. The Morgan fingerprint density at radius 2 is 1.80 bits per heavy atom. The Hall–Kier alpha value is -0.0800. The molecule has 1 aliphatic rings. The smallest absolute Gasteiger partial charge is 0.0319 e. The molecular formula is C8H19NO. The van der Waals surface area contributed by atoms with E-state index in [2.05, 4.69) is 12.2 Å². The second kappa shape index (κ2) is 7.03. The standard InChI is InChI=1S/C7H15N.CH4O/c1-2-8-7-5-3-4-6-7;1-2/h7-8H,2-6H2,1H3;2H,1H3. The van der Waals surface area contributed by atoms with Crippen molar-refractivity contribution >= 4 is 0 Å². The van der Waals surface area contributed by atoms with E-state index in [1.165, 1.54) is 25.7 Å². The molecule has 0 heterocycles. The quantitative estimate of drug-likeness (QED) is 0.611. The Morgan fingerprint density at radius 1 is 1.30 bits per heavy atom. The van der Waals surface area contributed by atoms with Crippen LogP contribution >= 0.6 is 0 Å². The van der Waals surface area contributed by atoms with E-state index in [1.54, 1.807) is 0 Å². The maximum atomic E-state index is 7.00. The first-order valence-electron chi connectivity index (χ1n) is 4.11. The van der Waals surface area contributed by atoms with E-state index in [9.17, 15) is 0 Å². The summed E-state index contributed by atoms with van der Waals surface area (Å²) in [5.41, 5.74) is 0. The van der Waals surface area contributed by atoms with Crippen LogP contribution in [0.4, 0.5) is 0 Å². The van der Waals surface area contributed by atoms with E-state index in [0.29, 0.717) is 0 Å². The number of rotatable bonds is 2. The first-order valence-corrected chi connectivity index (χ1v) is 4.11. The minimum Gasteiger partial charge on any atom is -0.400 e. The van der Waals surface area contributed by atoms with Crippen LogP contribution in [0.5, 0.6) is 0 Å². The van der Waals surface area contributed by atoms with Gasteiger partial charge in [0.1, 0.15) is 0 Å². The van der Waals surface area contributed by atoms with Gasteiger partial charge in [-0.05, 0) is 19.4 Å². The maximum absolute atomic E-state index is 7.00. The normalized spacial score (nSPS) is 18.3. The van der Waals surface area contributed by atoms with Gasteiger partial charge in [-0.1, -0.05) is 19.8 Å². The molecule has 1 rings (SSSR count). The highest BCUT2D eigenvalue weighted by atomic mass is 16.2. The van der Waals surface area contributed by atoms with Crippen molar-refractivity contribution in [2.75, 3.05) is 13.7 Å². The first-order chi connectivity index (χ1) is 4.93. The third-order valence-corrected chi connectivity index (χ3v) is 1.85. The Kier molecular flexibility index (Phi) is 6.98. The molecule has 1 aliphatic carbocycles. The molecule has 1 saturated carbocycles. The van der Waals surface area contributed by atoms with Gasteiger partial charge in [-0.15, -0.1) is 0 Å². The number of aliphatic hydroxyl groups excluding tert-OH is 1. The molecule has 0 spiro atoms. The van der Waals surface area contributed by atoms with Crippen molar-refractivity contribution in [2.24, 2.45) is 0 Å². The van der Waals surface area contributed by atoms with Gasteiger partial charge in [-0.2, -0.15) is 0 Å². The van der Waals surface area contributed by atoms with Gasteiger partial charge in [0.2, 0.25) is 0 Å². The van der Waals surface area contributed by atoms with Gasteiger partial charge in [0.25, 0.3) is 0 Å². The monoisotopic (exact) mass is 145 g/mol. The van der Waals surface area contributed by atoms with Crippen LogP contribution in [0.15, 0.2) is 0 Å². The second-order valence-electron chi connectivity index (χ2n) is 2.54. The van der Waals surface area contributed by atoms with Gasteiger partial charge in [0, 0.05) is 13.2 Å². The van der Waals surface area contributed by atoms with Gasteiger partial charge in [-0.3, -0.25) is 0 Å². The van der Waals surface area contributed by atoms with Crippen LogP contribution in [0.25, 0.3) is 0 Å². The fourth-order valence-electron chi connectivity index (χ4n) is 1.42. The van der Waals surface area contributed by atoms with Crippen molar-refractivity contribution in [3.63, 3.8) is 0 Å². The summed E-state index contributed by atoms with van der Waals surface area (Å²) in [7, 11) is 1.00. The molecule has 0 radical (unpaired) electrons. The van der Waals surface area contributed by atoms with Crippen LogP contribution in [0.1, 0.15) is 32.6 Å². The lowest BCUT2D eigenvalue weighted by Gasteiger charge is -2.07. The fraction of sp³-hybridized carbons (Fsp3) is 1.00. The highest BCUT2D eigenvalue weighted by molar-refractivity contribution is 4.72. The molecule has 0 aliphatic heterocycles. The average molecular weight is 145 g/mol. The minimum absolute atomic E-state index is 0.861. The molecule has 2 heteroatoms. The summed E-state index contributed by atoms with van der Waals surface area (Å²) in [6.45, 7) is 3.32. The van der Waals surface area contributed by atoms with E-state index in [4.69, 9.17) is 5.11 Å². The summed E-state index contributed by atoms with van der Waals surface area (Å²) in [6, 6.07) is 0.861. The Balaban J connectivity index is 0.000000371. The van der Waals surface area contributed by atoms with Crippen molar-refractivity contribution in [2.45, 2.75) is 38.6 Å². The maximum Gasteiger partial charge on any atom is 0.0319 e. The molecule has 2 nitrogen and oxygen atoms in total. The topological polar surface area (TPSA) is 32.3 Å². The summed E-state index contributed by atoms with van der Waals surface area (Å²) < 4.78 is 0. The third-order valence-electron chi connectivity index (χ3n) is 1.85. The zero-order chi connectivity index (χ0) is 7.82. The number of hydrogen-bond donors (Lipinski definition) is 2. The summed E-state index contributed by atoms with van der Waals surface area (Å²) in [5, 5.41) is 10.4. The van der Waals surface area contributed by atoms with Crippen LogP contribution in [0.3, 0.4) is 0 Å². The number of aliphatic hydroxyl groups is 1. The van der Waals surface area contributed by atoms with Crippen LogP contribution < -0.4 is 5.32 Å². The molecule has 0 bridgehead atoms. The van der Waals surface area contributed by atoms with Gasteiger partial charge in [-0.25, -0.2) is 0 Å². The molecular weight excluding hydrogens is 126 g/mol. The van der Waals surface area contributed by atoms with Gasteiger partial charge >= 0.3 is 0 Å². The van der Waals surface area contributed by atoms with E-state index >= 15 is 0 Å². The van der Waals surface area contributed by atoms with E-state index in [1.807, 2.05) is 0 Å². The Morgan fingerprint density at radius 3 is 2.20 bits per heavy atom. The van der Waals surface area contributed by atoms with Crippen LogP contribution in [0, 0.1) is 0 Å². The highest BCUT2D eigenvalue weighted by Gasteiger charge is 2.11. The van der Waals surface area contributed by atoms with Crippen molar-refractivity contribution in [3.8, 4) is 0 Å². The Labute approximate surface area is 63.6 Å². The molecule has 0 aromatic heterocycles. The molecule has 0 amide bonds. The molecule has 0 unspecified atom stereocenters. The van der Waals surface area contributed by atoms with Gasteiger partial charge in [0.15, 0.2) is 0 Å². The summed E-state index contributed by atoms with van der Waals surface area (Å²) in [4.78, 5) is 0. The fourth-order valence-corrected chi connectivity index (χ4v) is 1.42. The zero-order valence-corrected chi connectivity index (χ0v) is 7.06. The summed E-state index contributed by atoms with van der Waals surface area (Å²) in [5.74, 6) is 0. The summed E-state index contributed by atoms with van der Waals surface area (Å²) in [6.07, 6.45) is 5.71. The number of hydrogen-bond acceptors (Lipinski definition) is 2. The van der Waals surface area contributed by atoms with E-state index in [0.717, 1.165) is 19.7 Å². The van der Waals surface area contributed by atoms with E-state index < -0.39 is 0 Å². The molecule has 10 heavy (non-hydrogen) atoms. The summed E-state index contributed by atoms with van der Waals surface area (Å²) >= 11 is 0. The molecule has 62 valence electrons. The van der Waals surface area contributed by atoms with Crippen molar-refractivity contribution in [3.05, 3.63) is 0 Å². The molecule has 1 fully saturated rings. The SMILES string of the molecule is CCNC1CCCC1.CO. The average Bonchev–Trinajstić information content (AvgIpc) is 2.46. The minimum atomic E-state index is 0.861. The lowest BCUT2D eigenvalue weighted by Crippen LogP contribution is -2.24. The predicted molar refractivity (Wildman–Crippen MR) is 44.1 cm³/mol. The third kappa shape index (κ3) is 3.85. The second-order valence-corrected chi connectivity index (χ2v) is 2.54. The molecule has 0 atom stereocenters. The Bertz CT molecular complexity index is 60.3. The highest BCUT2D eigenvalue weighted by Crippen LogP contribution is 2.16. The lowest BCUT2D eigenvalue weighted by atomic mass is 10.2. The van der Waals surface area contributed by atoms with Crippen LogP contribution in [-0.2, 0) is 0 Å². The van der Waals surface area contributed by atoms with Crippen LogP contribution in [-0.4, -0.2) is 24.8 Å². The zero-order valence-electron chi connectivity index (χ0n) is 7.06. The van der Waals surface area contributed by atoms with Crippen molar-refractivity contribution < 1.29 is 5.11 Å². The molecule has 0 aromatic carbocycles. The predicted octanol–water partition coefficient (Wildman–Crippen LogP) is 1.15. The largest absolute Gasteiger partial charge is 0.400 e. The van der Waals surface area contributed by atoms with Gasteiger partial charge in [0.05, 0.1) is 0 Å². The van der Waals surface area contributed by atoms with Crippen LogP contribution in [0.2, 0.25) is 0 Å².